The summed E-state index contributed by atoms with van der Waals surface area (Å²) in [5.41, 5.74) is 0.693. The second-order valence-corrected chi connectivity index (χ2v) is 5.78. The first-order chi connectivity index (χ1) is 5.99. The van der Waals surface area contributed by atoms with E-state index in [-0.39, 0.29) is 0 Å². The van der Waals surface area contributed by atoms with E-state index in [1.54, 1.807) is 0 Å². The van der Waals surface area contributed by atoms with Crippen LogP contribution in [0.1, 0.15) is 60.3 Å². The molecule has 1 rings (SSSR count). The second kappa shape index (κ2) is 4.02. The van der Waals surface area contributed by atoms with Crippen molar-refractivity contribution >= 4 is 0 Å². The minimum atomic E-state index is 0.693. The molecule has 78 valence electrons. The monoisotopic (exact) mass is 182 g/mol. The zero-order valence-electron chi connectivity index (χ0n) is 10.1. The summed E-state index contributed by atoms with van der Waals surface area (Å²) >= 11 is 0. The van der Waals surface area contributed by atoms with E-state index in [0.717, 1.165) is 17.8 Å². The fourth-order valence-electron chi connectivity index (χ4n) is 3.36. The van der Waals surface area contributed by atoms with E-state index in [1.165, 1.54) is 25.7 Å². The molecule has 0 aromatic heterocycles. The normalized spacial score (nSPS) is 39.2. The predicted molar refractivity (Wildman–Crippen MR) is 59.7 cm³/mol. The van der Waals surface area contributed by atoms with Crippen molar-refractivity contribution in [1.29, 1.82) is 0 Å². The molecule has 13 heavy (non-hydrogen) atoms. The van der Waals surface area contributed by atoms with Gasteiger partial charge in [0.15, 0.2) is 0 Å². The van der Waals surface area contributed by atoms with Crippen molar-refractivity contribution in [2.24, 2.45) is 23.2 Å². The number of hydrogen-bond acceptors (Lipinski definition) is 0. The molecule has 0 heterocycles. The van der Waals surface area contributed by atoms with Crippen LogP contribution in [0.5, 0.6) is 0 Å². The lowest BCUT2D eigenvalue weighted by Gasteiger charge is -2.53. The molecule has 0 aromatic carbocycles. The Hall–Kier alpha value is 0. The lowest BCUT2D eigenvalue weighted by atomic mass is 9.52. The van der Waals surface area contributed by atoms with Gasteiger partial charge in [-0.15, -0.1) is 0 Å². The summed E-state index contributed by atoms with van der Waals surface area (Å²) in [5, 5.41) is 0. The second-order valence-electron chi connectivity index (χ2n) is 5.78. The zero-order valence-corrected chi connectivity index (χ0v) is 10.1. The lowest BCUT2D eigenvalue weighted by molar-refractivity contribution is -0.0308. The van der Waals surface area contributed by atoms with Gasteiger partial charge in [0.25, 0.3) is 0 Å². The molecule has 1 fully saturated rings. The van der Waals surface area contributed by atoms with Crippen LogP contribution in [0.3, 0.4) is 0 Å². The van der Waals surface area contributed by atoms with Crippen molar-refractivity contribution in [3.05, 3.63) is 0 Å². The molecule has 0 heteroatoms. The molecule has 0 spiro atoms. The first-order valence-electron chi connectivity index (χ1n) is 5.99. The van der Waals surface area contributed by atoms with Crippen LogP contribution in [0.25, 0.3) is 0 Å². The summed E-state index contributed by atoms with van der Waals surface area (Å²) in [6, 6.07) is 0. The Labute approximate surface area is 84.1 Å². The van der Waals surface area contributed by atoms with Gasteiger partial charge in [-0.1, -0.05) is 47.5 Å². The van der Waals surface area contributed by atoms with Crippen LogP contribution in [0.15, 0.2) is 0 Å². The summed E-state index contributed by atoms with van der Waals surface area (Å²) in [6.07, 6.45) is 5.72. The Balaban J connectivity index is 2.39. The Bertz CT molecular complexity index is 159. The fraction of sp³-hybridized carbons (Fsp3) is 1.00. The number of hydrogen-bond donors (Lipinski definition) is 0. The maximum absolute atomic E-state index is 2.50. The maximum atomic E-state index is 2.50. The van der Waals surface area contributed by atoms with Gasteiger partial charge in [0.1, 0.15) is 0 Å². The van der Waals surface area contributed by atoms with E-state index < -0.39 is 0 Å². The molecule has 0 bridgehead atoms. The van der Waals surface area contributed by atoms with Crippen molar-refractivity contribution in [3.63, 3.8) is 0 Å². The van der Waals surface area contributed by atoms with Crippen LogP contribution >= 0.6 is 0 Å². The molecular weight excluding hydrogens is 156 g/mol. The number of rotatable bonds is 4. The van der Waals surface area contributed by atoms with Crippen molar-refractivity contribution in [1.82, 2.24) is 0 Å². The Morgan fingerprint density at radius 3 is 2.38 bits per heavy atom. The Morgan fingerprint density at radius 1 is 1.38 bits per heavy atom. The van der Waals surface area contributed by atoms with Gasteiger partial charge in [0, 0.05) is 0 Å². The minimum absolute atomic E-state index is 0.693. The molecule has 3 unspecified atom stereocenters. The van der Waals surface area contributed by atoms with Crippen LogP contribution in [0.2, 0.25) is 0 Å². The predicted octanol–water partition coefficient (Wildman–Crippen LogP) is 4.49. The molecule has 0 saturated heterocycles. The molecule has 1 saturated carbocycles. The van der Waals surface area contributed by atoms with Crippen molar-refractivity contribution < 1.29 is 0 Å². The molecule has 0 nitrogen and oxygen atoms in total. The standard InChI is InChI=1S/C13H26/c1-6-12-11(4)9-13(12,5)8-7-10(2)3/h10-12H,6-9H2,1-5H3. The first kappa shape index (κ1) is 11.1. The summed E-state index contributed by atoms with van der Waals surface area (Å²) in [6.45, 7) is 12.0. The average Bonchev–Trinajstić information content (AvgIpc) is 2.01. The Morgan fingerprint density at radius 2 is 2.00 bits per heavy atom. The molecular formula is C13H26. The molecule has 0 radical (unpaired) electrons. The van der Waals surface area contributed by atoms with E-state index in [9.17, 15) is 0 Å². The maximum Gasteiger partial charge on any atom is -0.0292 e. The van der Waals surface area contributed by atoms with Gasteiger partial charge in [0.2, 0.25) is 0 Å². The smallest absolute Gasteiger partial charge is 0.0292 e. The summed E-state index contributed by atoms with van der Waals surface area (Å²) < 4.78 is 0. The van der Waals surface area contributed by atoms with Crippen LogP contribution in [0.4, 0.5) is 0 Å². The van der Waals surface area contributed by atoms with E-state index in [1.807, 2.05) is 0 Å². The molecule has 1 aliphatic carbocycles. The summed E-state index contributed by atoms with van der Waals surface area (Å²) in [5.74, 6) is 2.87. The highest BCUT2D eigenvalue weighted by atomic mass is 14.5. The van der Waals surface area contributed by atoms with Crippen molar-refractivity contribution in [3.8, 4) is 0 Å². The van der Waals surface area contributed by atoms with Gasteiger partial charge < -0.3 is 0 Å². The summed E-state index contributed by atoms with van der Waals surface area (Å²) in [7, 11) is 0. The highest BCUT2D eigenvalue weighted by Gasteiger charge is 2.46. The van der Waals surface area contributed by atoms with Crippen LogP contribution in [-0.2, 0) is 0 Å². The SMILES string of the molecule is CCC1C(C)CC1(C)CCC(C)C. The van der Waals surface area contributed by atoms with E-state index in [0.29, 0.717) is 5.41 Å². The summed E-state index contributed by atoms with van der Waals surface area (Å²) in [4.78, 5) is 0. The largest absolute Gasteiger partial charge is 0.0651 e. The highest BCUT2D eigenvalue weighted by Crippen LogP contribution is 2.55. The van der Waals surface area contributed by atoms with Gasteiger partial charge >= 0.3 is 0 Å². The molecule has 1 aliphatic rings. The lowest BCUT2D eigenvalue weighted by Crippen LogP contribution is -2.44. The molecule has 0 amide bonds. The van der Waals surface area contributed by atoms with Crippen molar-refractivity contribution in [2.75, 3.05) is 0 Å². The first-order valence-corrected chi connectivity index (χ1v) is 5.99. The van der Waals surface area contributed by atoms with Gasteiger partial charge in [-0.3, -0.25) is 0 Å². The average molecular weight is 182 g/mol. The quantitative estimate of drug-likeness (QED) is 0.600. The van der Waals surface area contributed by atoms with Crippen LogP contribution in [0, 0.1) is 23.2 Å². The third-order valence-electron chi connectivity index (χ3n) is 4.10. The minimum Gasteiger partial charge on any atom is -0.0651 e. The van der Waals surface area contributed by atoms with Gasteiger partial charge in [-0.2, -0.15) is 0 Å². The van der Waals surface area contributed by atoms with E-state index >= 15 is 0 Å². The Kier molecular flexibility index (Phi) is 3.43. The van der Waals surface area contributed by atoms with E-state index in [4.69, 9.17) is 0 Å². The molecule has 3 atom stereocenters. The molecule has 0 aromatic rings. The topological polar surface area (TPSA) is 0 Å². The van der Waals surface area contributed by atoms with Gasteiger partial charge in [0.05, 0.1) is 0 Å². The third-order valence-corrected chi connectivity index (χ3v) is 4.10. The van der Waals surface area contributed by atoms with Gasteiger partial charge in [-0.25, -0.2) is 0 Å². The molecule has 0 N–H and O–H groups in total. The van der Waals surface area contributed by atoms with Crippen LogP contribution < -0.4 is 0 Å². The van der Waals surface area contributed by atoms with Gasteiger partial charge in [-0.05, 0) is 36.0 Å². The third kappa shape index (κ3) is 2.27. The molecule has 0 aliphatic heterocycles. The zero-order chi connectivity index (χ0) is 10.1. The van der Waals surface area contributed by atoms with Crippen molar-refractivity contribution in [2.45, 2.75) is 60.3 Å². The highest BCUT2D eigenvalue weighted by molar-refractivity contribution is 4.95. The fourth-order valence-corrected chi connectivity index (χ4v) is 3.36. The van der Waals surface area contributed by atoms with E-state index in [2.05, 4.69) is 34.6 Å². The van der Waals surface area contributed by atoms with Crippen LogP contribution in [-0.4, -0.2) is 0 Å².